The minimum Gasteiger partial charge on any atom is -0.481 e. The first-order valence-electron chi connectivity index (χ1n) is 7.85. The van der Waals surface area contributed by atoms with Crippen molar-refractivity contribution in [3.8, 4) is 0 Å². The number of carbonyl (C=O) groups is 2. The fourth-order valence-electron chi connectivity index (χ4n) is 3.37. The van der Waals surface area contributed by atoms with E-state index in [1.807, 2.05) is 38.3 Å². The highest BCUT2D eigenvalue weighted by atomic mass is 32.1. The minimum absolute atomic E-state index is 0.000307. The number of amides is 1. The molecule has 1 aromatic carbocycles. The van der Waals surface area contributed by atoms with Gasteiger partial charge in [0.25, 0.3) is 5.91 Å². The zero-order valence-electron chi connectivity index (χ0n) is 13.6. The van der Waals surface area contributed by atoms with E-state index in [1.54, 1.807) is 16.2 Å². The smallest absolute Gasteiger partial charge is 0.311 e. The second-order valence-electron chi connectivity index (χ2n) is 6.74. The summed E-state index contributed by atoms with van der Waals surface area (Å²) in [7, 11) is 0. The van der Waals surface area contributed by atoms with Crippen LogP contribution in [-0.2, 0) is 4.79 Å². The number of rotatable bonds is 3. The van der Waals surface area contributed by atoms with Gasteiger partial charge in [0.05, 0.1) is 11.0 Å². The molecule has 0 bridgehead atoms. The number of thiophene rings is 1. The van der Waals surface area contributed by atoms with E-state index < -0.39 is 11.4 Å². The second-order valence-corrected chi connectivity index (χ2v) is 7.65. The summed E-state index contributed by atoms with van der Waals surface area (Å²) in [4.78, 5) is 26.3. The predicted octanol–water partition coefficient (Wildman–Crippen LogP) is 3.78. The average Bonchev–Trinajstić information content (AvgIpc) is 3.11. The maximum absolute atomic E-state index is 12.9. The van der Waals surface area contributed by atoms with Gasteiger partial charge in [-0.2, -0.15) is 0 Å². The van der Waals surface area contributed by atoms with Crippen molar-refractivity contribution >= 4 is 33.3 Å². The Morgan fingerprint density at radius 3 is 2.70 bits per heavy atom. The standard InChI is InChI=1S/C18H21NO3S/c1-11(2)18(17(21)22)6-7-19(10-18)16(20)14-9-23-15-8-12(3)4-5-13(14)15/h4-5,8-9,11H,6-7,10H2,1-3H3,(H,21,22). The van der Waals surface area contributed by atoms with Gasteiger partial charge in [-0.1, -0.05) is 26.0 Å². The highest BCUT2D eigenvalue weighted by Gasteiger charge is 2.48. The van der Waals surface area contributed by atoms with Crippen molar-refractivity contribution in [1.29, 1.82) is 0 Å². The number of likely N-dealkylation sites (tertiary alicyclic amines) is 1. The van der Waals surface area contributed by atoms with Crippen molar-refractivity contribution < 1.29 is 14.7 Å². The molecule has 1 N–H and O–H groups in total. The van der Waals surface area contributed by atoms with Crippen LogP contribution in [0.5, 0.6) is 0 Å². The molecule has 0 saturated carbocycles. The number of hydrogen-bond donors (Lipinski definition) is 1. The van der Waals surface area contributed by atoms with E-state index in [4.69, 9.17) is 0 Å². The molecule has 1 aliphatic heterocycles. The average molecular weight is 331 g/mol. The first-order chi connectivity index (χ1) is 10.8. The van der Waals surface area contributed by atoms with Crippen LogP contribution in [0.15, 0.2) is 23.6 Å². The molecule has 2 heterocycles. The van der Waals surface area contributed by atoms with E-state index in [2.05, 4.69) is 6.07 Å². The number of fused-ring (bicyclic) bond motifs is 1. The van der Waals surface area contributed by atoms with Crippen LogP contribution < -0.4 is 0 Å². The van der Waals surface area contributed by atoms with Gasteiger partial charge in [0.15, 0.2) is 0 Å². The molecule has 1 atom stereocenters. The third-order valence-electron chi connectivity index (χ3n) is 5.08. The van der Waals surface area contributed by atoms with Crippen molar-refractivity contribution in [3.05, 3.63) is 34.7 Å². The van der Waals surface area contributed by atoms with Crippen molar-refractivity contribution in [3.63, 3.8) is 0 Å². The zero-order chi connectivity index (χ0) is 16.8. The van der Waals surface area contributed by atoms with E-state index in [9.17, 15) is 14.7 Å². The molecule has 1 aromatic heterocycles. The van der Waals surface area contributed by atoms with E-state index in [-0.39, 0.29) is 11.8 Å². The van der Waals surface area contributed by atoms with Crippen LogP contribution in [-0.4, -0.2) is 35.0 Å². The Kier molecular flexibility index (Phi) is 3.92. The van der Waals surface area contributed by atoms with Gasteiger partial charge < -0.3 is 10.0 Å². The Morgan fingerprint density at radius 1 is 1.35 bits per heavy atom. The molecule has 1 fully saturated rings. The maximum Gasteiger partial charge on any atom is 0.311 e. The highest BCUT2D eigenvalue weighted by Crippen LogP contribution is 2.39. The van der Waals surface area contributed by atoms with Crippen LogP contribution in [0.4, 0.5) is 0 Å². The lowest BCUT2D eigenvalue weighted by Gasteiger charge is -2.28. The van der Waals surface area contributed by atoms with Gasteiger partial charge in [0.1, 0.15) is 0 Å². The van der Waals surface area contributed by atoms with Gasteiger partial charge in [-0.3, -0.25) is 9.59 Å². The molecule has 1 saturated heterocycles. The Morgan fingerprint density at radius 2 is 2.09 bits per heavy atom. The quantitative estimate of drug-likeness (QED) is 0.931. The lowest BCUT2D eigenvalue weighted by molar-refractivity contribution is -0.150. The molecular weight excluding hydrogens is 310 g/mol. The van der Waals surface area contributed by atoms with Crippen LogP contribution in [0.25, 0.3) is 10.1 Å². The molecule has 122 valence electrons. The van der Waals surface area contributed by atoms with Gasteiger partial charge in [0, 0.05) is 28.6 Å². The lowest BCUT2D eigenvalue weighted by Crippen LogP contribution is -2.40. The van der Waals surface area contributed by atoms with Gasteiger partial charge in [-0.15, -0.1) is 11.3 Å². The molecule has 23 heavy (non-hydrogen) atoms. The van der Waals surface area contributed by atoms with Crippen molar-refractivity contribution in [2.75, 3.05) is 13.1 Å². The number of carbonyl (C=O) groups excluding carboxylic acids is 1. The highest BCUT2D eigenvalue weighted by molar-refractivity contribution is 7.17. The van der Waals surface area contributed by atoms with Gasteiger partial charge in [0.2, 0.25) is 0 Å². The van der Waals surface area contributed by atoms with Crippen LogP contribution in [0.1, 0.15) is 36.2 Å². The normalized spacial score (nSPS) is 21.3. The predicted molar refractivity (Wildman–Crippen MR) is 92.0 cm³/mol. The minimum atomic E-state index is -0.821. The zero-order valence-corrected chi connectivity index (χ0v) is 14.4. The van der Waals surface area contributed by atoms with E-state index in [0.29, 0.717) is 25.1 Å². The first kappa shape index (κ1) is 16.0. The maximum atomic E-state index is 12.9. The second kappa shape index (κ2) is 5.64. The first-order valence-corrected chi connectivity index (χ1v) is 8.73. The number of aryl methyl sites for hydroxylation is 1. The molecule has 0 spiro atoms. The largest absolute Gasteiger partial charge is 0.481 e. The van der Waals surface area contributed by atoms with Gasteiger partial charge in [-0.05, 0) is 30.9 Å². The summed E-state index contributed by atoms with van der Waals surface area (Å²) < 4.78 is 1.10. The third kappa shape index (κ3) is 2.53. The summed E-state index contributed by atoms with van der Waals surface area (Å²) in [5.74, 6) is -0.850. The molecule has 1 amide bonds. The Labute approximate surface area is 139 Å². The van der Waals surface area contributed by atoms with E-state index in [1.165, 1.54) is 5.56 Å². The third-order valence-corrected chi connectivity index (χ3v) is 6.03. The molecule has 5 heteroatoms. The Balaban J connectivity index is 1.90. The van der Waals surface area contributed by atoms with Gasteiger partial charge in [-0.25, -0.2) is 0 Å². The summed E-state index contributed by atoms with van der Waals surface area (Å²) in [6.45, 7) is 6.68. The molecular formula is C18H21NO3S. The summed E-state index contributed by atoms with van der Waals surface area (Å²) in [5, 5.41) is 12.5. The topological polar surface area (TPSA) is 57.6 Å². The molecule has 0 aliphatic carbocycles. The molecule has 3 rings (SSSR count). The molecule has 0 radical (unpaired) electrons. The lowest BCUT2D eigenvalue weighted by atomic mass is 9.76. The number of hydrogen-bond acceptors (Lipinski definition) is 3. The van der Waals surface area contributed by atoms with Gasteiger partial charge >= 0.3 is 5.97 Å². The molecule has 1 aliphatic rings. The Bertz CT molecular complexity index is 780. The summed E-state index contributed by atoms with van der Waals surface area (Å²) in [5.41, 5.74) is 1.04. The number of carboxylic acid groups (broad SMARTS) is 1. The summed E-state index contributed by atoms with van der Waals surface area (Å²) >= 11 is 1.56. The van der Waals surface area contributed by atoms with Crippen LogP contribution >= 0.6 is 11.3 Å². The monoisotopic (exact) mass is 331 g/mol. The molecule has 1 unspecified atom stereocenters. The van der Waals surface area contributed by atoms with Crippen molar-refractivity contribution in [1.82, 2.24) is 4.90 Å². The molecule has 2 aromatic rings. The van der Waals surface area contributed by atoms with E-state index >= 15 is 0 Å². The summed E-state index contributed by atoms with van der Waals surface area (Å²) in [6.07, 6.45) is 0.521. The van der Waals surface area contributed by atoms with Crippen LogP contribution in [0.2, 0.25) is 0 Å². The number of nitrogens with zero attached hydrogens (tertiary/aromatic N) is 1. The van der Waals surface area contributed by atoms with Crippen LogP contribution in [0.3, 0.4) is 0 Å². The fraction of sp³-hybridized carbons (Fsp3) is 0.444. The molecule has 4 nitrogen and oxygen atoms in total. The van der Waals surface area contributed by atoms with Crippen LogP contribution in [0, 0.1) is 18.3 Å². The van der Waals surface area contributed by atoms with Crippen molar-refractivity contribution in [2.24, 2.45) is 11.3 Å². The number of aliphatic carboxylic acids is 1. The number of benzene rings is 1. The Hall–Kier alpha value is -1.88. The SMILES string of the molecule is Cc1ccc2c(C(=O)N3CCC(C(=O)O)(C(C)C)C3)csc2c1. The summed E-state index contributed by atoms with van der Waals surface area (Å²) in [6, 6.07) is 6.07. The van der Waals surface area contributed by atoms with Crippen molar-refractivity contribution in [2.45, 2.75) is 27.2 Å². The van der Waals surface area contributed by atoms with E-state index in [0.717, 1.165) is 10.1 Å². The fourth-order valence-corrected chi connectivity index (χ4v) is 4.40. The number of carboxylic acids is 1.